The molecule has 0 fully saturated rings. The fraction of sp³-hybridized carbons (Fsp3) is 0.857. The van der Waals surface area contributed by atoms with Crippen molar-refractivity contribution in [1.29, 1.82) is 0 Å². The van der Waals surface area contributed by atoms with Gasteiger partial charge >= 0.3 is 6.03 Å². The van der Waals surface area contributed by atoms with Crippen LogP contribution in [0, 0.1) is 0 Å². The highest BCUT2D eigenvalue weighted by Gasteiger charge is 2.06. The van der Waals surface area contributed by atoms with Crippen LogP contribution in [0.5, 0.6) is 0 Å². The molecule has 11 heavy (non-hydrogen) atoms. The van der Waals surface area contributed by atoms with Crippen molar-refractivity contribution in [3.05, 3.63) is 0 Å². The van der Waals surface area contributed by atoms with Crippen molar-refractivity contribution in [3.63, 3.8) is 0 Å². The molecule has 66 valence electrons. The number of nitrogens with zero attached hydrogens (tertiary/aromatic N) is 1. The summed E-state index contributed by atoms with van der Waals surface area (Å²) in [6.07, 6.45) is 1.74. The van der Waals surface area contributed by atoms with E-state index in [9.17, 15) is 4.79 Å². The largest absolute Gasteiger partial charge is 0.350 e. The van der Waals surface area contributed by atoms with Gasteiger partial charge in [0.2, 0.25) is 0 Å². The molecule has 0 unspecified atom stereocenters. The van der Waals surface area contributed by atoms with Crippen LogP contribution in [0.1, 0.15) is 26.7 Å². The molecule has 0 bridgehead atoms. The molecule has 0 aromatic heterocycles. The lowest BCUT2D eigenvalue weighted by Gasteiger charge is -2.17. The molecule has 2 N–H and O–H groups in total. The van der Waals surface area contributed by atoms with Crippen molar-refractivity contribution in [2.75, 3.05) is 13.2 Å². The lowest BCUT2D eigenvalue weighted by atomic mass is 10.5. The SMILES string of the molecule is CCCON(CCC)C(N)=O. The van der Waals surface area contributed by atoms with Gasteiger partial charge in [0.25, 0.3) is 0 Å². The molecule has 0 aromatic rings. The fourth-order valence-corrected chi connectivity index (χ4v) is 0.643. The lowest BCUT2D eigenvalue weighted by molar-refractivity contribution is -0.114. The topological polar surface area (TPSA) is 55.6 Å². The minimum Gasteiger partial charge on any atom is -0.350 e. The van der Waals surface area contributed by atoms with Gasteiger partial charge in [0, 0.05) is 0 Å². The molecule has 0 aliphatic heterocycles. The lowest BCUT2D eigenvalue weighted by Crippen LogP contribution is -2.36. The summed E-state index contributed by atoms with van der Waals surface area (Å²) in [5.41, 5.74) is 5.03. The number of hydrogen-bond acceptors (Lipinski definition) is 2. The average Bonchev–Trinajstić information content (AvgIpc) is 1.97. The number of carbonyl (C=O) groups excluding carboxylic acids is 1. The van der Waals surface area contributed by atoms with Crippen molar-refractivity contribution in [1.82, 2.24) is 5.06 Å². The van der Waals surface area contributed by atoms with E-state index in [1.807, 2.05) is 13.8 Å². The average molecular weight is 160 g/mol. The zero-order valence-electron chi connectivity index (χ0n) is 7.17. The van der Waals surface area contributed by atoms with Crippen molar-refractivity contribution < 1.29 is 9.63 Å². The maximum absolute atomic E-state index is 10.6. The summed E-state index contributed by atoms with van der Waals surface area (Å²) in [5, 5.41) is 1.20. The third-order valence-corrected chi connectivity index (χ3v) is 1.12. The van der Waals surface area contributed by atoms with Gasteiger partial charge in [0.1, 0.15) is 0 Å². The Bertz CT molecular complexity index is 117. The van der Waals surface area contributed by atoms with E-state index in [1.165, 1.54) is 5.06 Å². The van der Waals surface area contributed by atoms with Crippen molar-refractivity contribution in [3.8, 4) is 0 Å². The molecule has 0 saturated heterocycles. The van der Waals surface area contributed by atoms with Crippen LogP contribution in [-0.2, 0) is 4.84 Å². The van der Waals surface area contributed by atoms with Crippen LogP contribution in [-0.4, -0.2) is 24.2 Å². The van der Waals surface area contributed by atoms with Crippen LogP contribution in [0.2, 0.25) is 0 Å². The van der Waals surface area contributed by atoms with E-state index in [0.717, 1.165) is 12.8 Å². The first-order valence-corrected chi connectivity index (χ1v) is 3.92. The van der Waals surface area contributed by atoms with Crippen LogP contribution in [0.15, 0.2) is 0 Å². The van der Waals surface area contributed by atoms with Crippen LogP contribution >= 0.6 is 0 Å². The molecule has 0 aliphatic rings. The number of hydroxylamine groups is 2. The quantitative estimate of drug-likeness (QED) is 0.613. The van der Waals surface area contributed by atoms with Crippen molar-refractivity contribution in [2.24, 2.45) is 5.73 Å². The molecule has 0 radical (unpaired) electrons. The van der Waals surface area contributed by atoms with Gasteiger partial charge in [0.05, 0.1) is 13.2 Å². The van der Waals surface area contributed by atoms with Gasteiger partial charge in [0.15, 0.2) is 0 Å². The second kappa shape index (κ2) is 5.97. The van der Waals surface area contributed by atoms with Gasteiger partial charge in [-0.2, -0.15) is 0 Å². The highest BCUT2D eigenvalue weighted by molar-refractivity contribution is 5.70. The molecular formula is C7H16N2O2. The van der Waals surface area contributed by atoms with Crippen LogP contribution in [0.3, 0.4) is 0 Å². The molecule has 4 nitrogen and oxygen atoms in total. The monoisotopic (exact) mass is 160 g/mol. The highest BCUT2D eigenvalue weighted by atomic mass is 16.7. The Kier molecular flexibility index (Phi) is 5.56. The third-order valence-electron chi connectivity index (χ3n) is 1.12. The molecule has 0 aliphatic carbocycles. The van der Waals surface area contributed by atoms with E-state index >= 15 is 0 Å². The van der Waals surface area contributed by atoms with Crippen molar-refractivity contribution in [2.45, 2.75) is 26.7 Å². The van der Waals surface area contributed by atoms with E-state index in [4.69, 9.17) is 10.6 Å². The molecule has 0 spiro atoms. The minimum absolute atomic E-state index is 0.514. The molecule has 0 atom stereocenters. The number of carbonyl (C=O) groups is 1. The molecule has 4 heteroatoms. The van der Waals surface area contributed by atoms with Gasteiger partial charge in [-0.3, -0.25) is 4.84 Å². The number of nitrogens with two attached hydrogens (primary N) is 1. The van der Waals surface area contributed by atoms with Gasteiger partial charge in [-0.1, -0.05) is 13.8 Å². The molecular weight excluding hydrogens is 144 g/mol. The minimum atomic E-state index is -0.514. The summed E-state index contributed by atoms with van der Waals surface area (Å²) in [4.78, 5) is 15.7. The number of amides is 2. The predicted molar refractivity (Wildman–Crippen MR) is 42.8 cm³/mol. The van der Waals surface area contributed by atoms with E-state index in [0.29, 0.717) is 13.2 Å². The Balaban J connectivity index is 3.60. The second-order valence-electron chi connectivity index (χ2n) is 2.27. The summed E-state index contributed by atoms with van der Waals surface area (Å²) in [6, 6.07) is -0.514. The summed E-state index contributed by atoms with van der Waals surface area (Å²) in [6.45, 7) is 5.05. The van der Waals surface area contributed by atoms with Crippen LogP contribution in [0.25, 0.3) is 0 Å². The van der Waals surface area contributed by atoms with E-state index in [1.54, 1.807) is 0 Å². The Morgan fingerprint density at radius 3 is 2.45 bits per heavy atom. The zero-order valence-corrected chi connectivity index (χ0v) is 7.17. The zero-order chi connectivity index (χ0) is 8.69. The molecule has 0 saturated carbocycles. The number of urea groups is 1. The van der Waals surface area contributed by atoms with Gasteiger partial charge < -0.3 is 5.73 Å². The van der Waals surface area contributed by atoms with Crippen molar-refractivity contribution >= 4 is 6.03 Å². The van der Waals surface area contributed by atoms with Gasteiger partial charge in [-0.05, 0) is 12.8 Å². The smallest absolute Gasteiger partial charge is 0.338 e. The van der Waals surface area contributed by atoms with Gasteiger partial charge in [-0.15, -0.1) is 0 Å². The second-order valence-corrected chi connectivity index (χ2v) is 2.27. The number of hydrogen-bond donors (Lipinski definition) is 1. The predicted octanol–water partition coefficient (Wildman–Crippen LogP) is 1.12. The maximum Gasteiger partial charge on any atom is 0.338 e. The fourth-order valence-electron chi connectivity index (χ4n) is 0.643. The molecule has 0 rings (SSSR count). The summed E-state index contributed by atoms with van der Waals surface area (Å²) in [5.74, 6) is 0. The first-order valence-electron chi connectivity index (χ1n) is 3.92. The Morgan fingerprint density at radius 2 is 2.09 bits per heavy atom. The Morgan fingerprint density at radius 1 is 1.45 bits per heavy atom. The summed E-state index contributed by atoms with van der Waals surface area (Å²) in [7, 11) is 0. The highest BCUT2D eigenvalue weighted by Crippen LogP contribution is 1.93. The summed E-state index contributed by atoms with van der Waals surface area (Å²) < 4.78 is 0. The van der Waals surface area contributed by atoms with Crippen LogP contribution < -0.4 is 5.73 Å². The number of rotatable bonds is 5. The van der Waals surface area contributed by atoms with Gasteiger partial charge in [-0.25, -0.2) is 9.86 Å². The number of primary amides is 1. The molecule has 2 amide bonds. The third kappa shape index (κ3) is 4.61. The molecule has 0 heterocycles. The Hall–Kier alpha value is -0.770. The maximum atomic E-state index is 10.6. The summed E-state index contributed by atoms with van der Waals surface area (Å²) >= 11 is 0. The normalized spacial score (nSPS) is 9.64. The Labute approximate surface area is 67.3 Å². The van der Waals surface area contributed by atoms with E-state index in [-0.39, 0.29) is 0 Å². The standard InChI is InChI=1S/C7H16N2O2/c1-3-5-9(7(8)10)11-6-4-2/h3-6H2,1-2H3,(H2,8,10). The first kappa shape index (κ1) is 10.2. The van der Waals surface area contributed by atoms with E-state index in [2.05, 4.69) is 0 Å². The first-order chi connectivity index (χ1) is 5.22. The van der Waals surface area contributed by atoms with Crippen LogP contribution in [0.4, 0.5) is 4.79 Å². The molecule has 0 aromatic carbocycles. The van der Waals surface area contributed by atoms with E-state index < -0.39 is 6.03 Å².